The molecule has 1 fully saturated rings. The van der Waals surface area contributed by atoms with Crippen molar-refractivity contribution in [2.24, 2.45) is 11.8 Å². The molecule has 3 rings (SSSR count). The van der Waals surface area contributed by atoms with Crippen LogP contribution < -0.4 is 4.74 Å². The molecule has 2 aliphatic carbocycles. The van der Waals surface area contributed by atoms with Gasteiger partial charge in [0.2, 0.25) is 0 Å². The van der Waals surface area contributed by atoms with Gasteiger partial charge in [0.25, 0.3) is 0 Å². The van der Waals surface area contributed by atoms with Gasteiger partial charge in [0.1, 0.15) is 5.75 Å². The number of carboxylic acids is 1. The molecule has 0 spiro atoms. The third kappa shape index (κ3) is 1.03. The number of ether oxygens (including phenoxy) is 1. The van der Waals surface area contributed by atoms with Crippen LogP contribution in [-0.4, -0.2) is 18.2 Å². The van der Waals surface area contributed by atoms with E-state index in [1.54, 1.807) is 7.11 Å². The molecule has 0 amide bonds. The van der Waals surface area contributed by atoms with E-state index in [1.807, 2.05) is 18.2 Å². The van der Waals surface area contributed by atoms with Crippen molar-refractivity contribution in [2.75, 3.05) is 7.11 Å². The molecule has 0 radical (unpaired) electrons. The molecule has 3 nitrogen and oxygen atoms in total. The number of carbonyl (C=O) groups is 1. The van der Waals surface area contributed by atoms with E-state index in [2.05, 4.69) is 0 Å². The highest BCUT2D eigenvalue weighted by atomic mass is 16.5. The smallest absolute Gasteiger partial charge is 0.307 e. The van der Waals surface area contributed by atoms with Gasteiger partial charge in [0.05, 0.1) is 13.0 Å². The minimum atomic E-state index is -0.654. The molecule has 0 bridgehead atoms. The summed E-state index contributed by atoms with van der Waals surface area (Å²) in [5.41, 5.74) is 2.40. The number of carboxylic acid groups (broad SMARTS) is 1. The Morgan fingerprint density at radius 2 is 2.33 bits per heavy atom. The summed E-state index contributed by atoms with van der Waals surface area (Å²) in [5.74, 6) is 0.660. The molecule has 1 saturated carbocycles. The fourth-order valence-corrected chi connectivity index (χ4v) is 2.93. The van der Waals surface area contributed by atoms with Crippen LogP contribution in [0.25, 0.3) is 0 Å². The van der Waals surface area contributed by atoms with Crippen molar-refractivity contribution in [2.45, 2.75) is 12.3 Å². The van der Waals surface area contributed by atoms with Crippen molar-refractivity contribution in [3.05, 3.63) is 29.3 Å². The van der Waals surface area contributed by atoms with Crippen LogP contribution in [0, 0.1) is 11.8 Å². The Labute approximate surface area is 87.7 Å². The number of rotatable bonds is 2. The number of aliphatic carboxylic acids is 1. The Hall–Kier alpha value is -1.51. The number of benzene rings is 1. The predicted molar refractivity (Wildman–Crippen MR) is 54.1 cm³/mol. The van der Waals surface area contributed by atoms with Crippen LogP contribution in [-0.2, 0) is 11.2 Å². The monoisotopic (exact) mass is 204 g/mol. The van der Waals surface area contributed by atoms with Crippen molar-refractivity contribution < 1.29 is 14.6 Å². The molecule has 0 heterocycles. The summed E-state index contributed by atoms with van der Waals surface area (Å²) in [5, 5.41) is 8.98. The van der Waals surface area contributed by atoms with E-state index < -0.39 is 5.97 Å². The van der Waals surface area contributed by atoms with E-state index in [0.29, 0.717) is 5.92 Å². The van der Waals surface area contributed by atoms with Crippen LogP contribution in [0.15, 0.2) is 18.2 Å². The van der Waals surface area contributed by atoms with Crippen molar-refractivity contribution in [1.29, 1.82) is 0 Å². The van der Waals surface area contributed by atoms with Crippen LogP contribution in [0.4, 0.5) is 0 Å². The Balaban J connectivity index is 2.00. The van der Waals surface area contributed by atoms with Gasteiger partial charge in [-0.3, -0.25) is 4.79 Å². The fourth-order valence-electron chi connectivity index (χ4n) is 2.93. The Kier molecular flexibility index (Phi) is 1.61. The van der Waals surface area contributed by atoms with Gasteiger partial charge in [-0.2, -0.15) is 0 Å². The van der Waals surface area contributed by atoms with E-state index in [9.17, 15) is 4.79 Å². The zero-order valence-electron chi connectivity index (χ0n) is 8.43. The number of fused-ring (bicyclic) bond motifs is 3. The van der Waals surface area contributed by atoms with Gasteiger partial charge in [0.15, 0.2) is 0 Å². The summed E-state index contributed by atoms with van der Waals surface area (Å²) < 4.78 is 5.27. The fraction of sp³-hybridized carbons (Fsp3) is 0.417. The number of hydrogen-bond acceptors (Lipinski definition) is 2. The second-order valence-electron chi connectivity index (χ2n) is 4.29. The quantitative estimate of drug-likeness (QED) is 0.797. The largest absolute Gasteiger partial charge is 0.496 e. The molecule has 0 aliphatic heterocycles. The molecule has 2 aliphatic rings. The molecule has 1 N–H and O–H groups in total. The molecule has 0 aromatic heterocycles. The third-order valence-electron chi connectivity index (χ3n) is 3.64. The lowest BCUT2D eigenvalue weighted by Gasteiger charge is -2.09. The van der Waals surface area contributed by atoms with E-state index in [1.165, 1.54) is 11.1 Å². The summed E-state index contributed by atoms with van der Waals surface area (Å²) >= 11 is 0. The summed E-state index contributed by atoms with van der Waals surface area (Å²) in [6.45, 7) is 0. The lowest BCUT2D eigenvalue weighted by molar-refractivity contribution is -0.139. The SMILES string of the molecule is COc1cccc2c1C[C@@H]1[C@@H](C(=O)O)[C@H]21. The lowest BCUT2D eigenvalue weighted by atomic mass is 10.0. The molecule has 15 heavy (non-hydrogen) atoms. The van der Waals surface area contributed by atoms with Crippen LogP contribution in [0.5, 0.6) is 5.75 Å². The molecule has 78 valence electrons. The molecule has 0 saturated heterocycles. The zero-order valence-corrected chi connectivity index (χ0v) is 8.43. The van der Waals surface area contributed by atoms with Gasteiger partial charge in [0, 0.05) is 5.92 Å². The second kappa shape index (κ2) is 2.75. The average Bonchev–Trinajstić information content (AvgIpc) is 2.82. The number of hydrogen-bond donors (Lipinski definition) is 1. The minimum Gasteiger partial charge on any atom is -0.496 e. The second-order valence-corrected chi connectivity index (χ2v) is 4.29. The molecule has 1 aromatic rings. The third-order valence-corrected chi connectivity index (χ3v) is 3.64. The van der Waals surface area contributed by atoms with Crippen LogP contribution in [0.2, 0.25) is 0 Å². The first-order valence-electron chi connectivity index (χ1n) is 5.12. The highest BCUT2D eigenvalue weighted by Gasteiger charge is 2.60. The summed E-state index contributed by atoms with van der Waals surface area (Å²) in [4.78, 5) is 10.9. The average molecular weight is 204 g/mol. The predicted octanol–water partition coefficient (Wildman–Crippen LogP) is 1.67. The molecule has 0 unspecified atom stereocenters. The van der Waals surface area contributed by atoms with E-state index in [4.69, 9.17) is 9.84 Å². The molecule has 1 aromatic carbocycles. The molecular weight excluding hydrogens is 192 g/mol. The summed E-state index contributed by atoms with van der Waals surface area (Å²) in [6, 6.07) is 5.92. The minimum absolute atomic E-state index is 0.149. The first kappa shape index (κ1) is 8.77. The van der Waals surface area contributed by atoms with Crippen molar-refractivity contribution in [3.8, 4) is 5.75 Å². The van der Waals surface area contributed by atoms with Crippen LogP contribution in [0.1, 0.15) is 17.0 Å². The maximum Gasteiger partial charge on any atom is 0.307 e. The standard InChI is InChI=1S/C12H12O3/c1-15-9-4-2-3-6-7(9)5-8-10(6)11(8)12(13)14/h2-4,8,10-11H,5H2,1H3,(H,13,14)/t8-,10+,11+/m0/s1. The molecule has 3 atom stereocenters. The van der Waals surface area contributed by atoms with Crippen molar-refractivity contribution in [3.63, 3.8) is 0 Å². The maximum absolute atomic E-state index is 10.9. The molecule has 3 heteroatoms. The summed E-state index contributed by atoms with van der Waals surface area (Å²) in [7, 11) is 1.66. The van der Waals surface area contributed by atoms with Gasteiger partial charge in [-0.1, -0.05) is 12.1 Å². The first-order valence-corrected chi connectivity index (χ1v) is 5.12. The normalized spacial score (nSPS) is 30.6. The van der Waals surface area contributed by atoms with Crippen molar-refractivity contribution in [1.82, 2.24) is 0 Å². The Morgan fingerprint density at radius 3 is 3.00 bits per heavy atom. The van der Waals surface area contributed by atoms with Gasteiger partial charge < -0.3 is 9.84 Å². The van der Waals surface area contributed by atoms with Crippen LogP contribution in [0.3, 0.4) is 0 Å². The van der Waals surface area contributed by atoms with Gasteiger partial charge in [-0.25, -0.2) is 0 Å². The zero-order chi connectivity index (χ0) is 10.6. The van der Waals surface area contributed by atoms with E-state index in [-0.39, 0.29) is 11.8 Å². The maximum atomic E-state index is 10.9. The van der Waals surface area contributed by atoms with Gasteiger partial charge >= 0.3 is 5.97 Å². The lowest BCUT2D eigenvalue weighted by Crippen LogP contribution is -2.05. The Bertz CT molecular complexity index is 438. The highest BCUT2D eigenvalue weighted by molar-refractivity contribution is 5.78. The van der Waals surface area contributed by atoms with E-state index >= 15 is 0 Å². The van der Waals surface area contributed by atoms with Gasteiger partial charge in [-0.05, 0) is 29.5 Å². The van der Waals surface area contributed by atoms with Crippen LogP contribution >= 0.6 is 0 Å². The highest BCUT2D eigenvalue weighted by Crippen LogP contribution is 2.62. The van der Waals surface area contributed by atoms with Gasteiger partial charge in [-0.15, -0.1) is 0 Å². The number of methoxy groups -OCH3 is 1. The first-order chi connectivity index (χ1) is 7.24. The molecular formula is C12H12O3. The Morgan fingerprint density at radius 1 is 1.53 bits per heavy atom. The topological polar surface area (TPSA) is 46.5 Å². The van der Waals surface area contributed by atoms with E-state index in [0.717, 1.165) is 12.2 Å². The summed E-state index contributed by atoms with van der Waals surface area (Å²) in [6.07, 6.45) is 0.862. The van der Waals surface area contributed by atoms with Crippen molar-refractivity contribution >= 4 is 5.97 Å².